The van der Waals surface area contributed by atoms with E-state index in [9.17, 15) is 0 Å². The van der Waals surface area contributed by atoms with Crippen LogP contribution in [0.4, 0.5) is 11.8 Å². The Kier molecular flexibility index (Phi) is 18.6. The molecule has 0 fully saturated rings. The van der Waals surface area contributed by atoms with Gasteiger partial charge in [-0.2, -0.15) is 4.98 Å². The third-order valence-electron chi connectivity index (χ3n) is 5.76. The minimum Gasteiger partial charge on any atom is -0.496 e. The van der Waals surface area contributed by atoms with Crippen LogP contribution in [0.3, 0.4) is 0 Å². The Hall–Kier alpha value is -3.36. The van der Waals surface area contributed by atoms with Gasteiger partial charge in [0.2, 0.25) is 5.95 Å². The second-order valence-corrected chi connectivity index (χ2v) is 8.74. The van der Waals surface area contributed by atoms with Crippen molar-refractivity contribution in [2.45, 2.75) is 66.9 Å². The smallest absolute Gasteiger partial charge is 0.222 e. The number of unbranched alkanes of at least 4 members (excludes halogenated alkanes) is 1. The highest BCUT2D eigenvalue weighted by Crippen LogP contribution is 2.30. The van der Waals surface area contributed by atoms with Crippen molar-refractivity contribution >= 4 is 11.8 Å². The summed E-state index contributed by atoms with van der Waals surface area (Å²) in [4.78, 5) is 8.75. The van der Waals surface area contributed by atoms with Crippen molar-refractivity contribution in [2.24, 2.45) is 0 Å². The molecule has 1 aromatic heterocycles. The summed E-state index contributed by atoms with van der Waals surface area (Å²) in [6, 6.07) is 16.1. The average Bonchev–Trinajstić information content (AvgIpc) is 2.98. The van der Waals surface area contributed by atoms with Crippen LogP contribution in [0.15, 0.2) is 48.5 Å². The van der Waals surface area contributed by atoms with Crippen molar-refractivity contribution in [1.82, 2.24) is 9.97 Å². The molecule has 40 heavy (non-hydrogen) atoms. The Morgan fingerprint density at radius 1 is 0.925 bits per heavy atom. The van der Waals surface area contributed by atoms with Gasteiger partial charge >= 0.3 is 0 Å². The van der Waals surface area contributed by atoms with Crippen molar-refractivity contribution in [3.8, 4) is 11.5 Å². The van der Waals surface area contributed by atoms with E-state index < -0.39 is 0 Å². The fourth-order valence-electron chi connectivity index (χ4n) is 3.70. The first-order chi connectivity index (χ1) is 19.5. The Bertz CT molecular complexity index is 1060. The van der Waals surface area contributed by atoms with E-state index in [1.165, 1.54) is 5.56 Å². The molecular weight excluding hydrogens is 504 g/mol. The molecule has 0 spiro atoms. The topological polar surface area (TPSA) is 101 Å². The van der Waals surface area contributed by atoms with E-state index >= 15 is 0 Å². The van der Waals surface area contributed by atoms with Gasteiger partial charge in [-0.3, -0.25) is 0 Å². The molecular formula is C32H50N4O4. The summed E-state index contributed by atoms with van der Waals surface area (Å²) >= 11 is 0. The maximum absolute atomic E-state index is 5.86. The Morgan fingerprint density at radius 2 is 1.68 bits per heavy atom. The lowest BCUT2D eigenvalue weighted by Gasteiger charge is -2.16. The first-order valence-electron chi connectivity index (χ1n) is 14.3. The highest BCUT2D eigenvalue weighted by Gasteiger charge is 2.14. The molecule has 0 atom stereocenters. The van der Waals surface area contributed by atoms with Gasteiger partial charge in [-0.15, -0.1) is 0 Å². The highest BCUT2D eigenvalue weighted by molar-refractivity contribution is 5.53. The molecule has 8 nitrogen and oxygen atoms in total. The van der Waals surface area contributed by atoms with Crippen molar-refractivity contribution < 1.29 is 18.9 Å². The maximum Gasteiger partial charge on any atom is 0.222 e. The second-order valence-electron chi connectivity index (χ2n) is 8.74. The largest absolute Gasteiger partial charge is 0.496 e. The Labute approximate surface area is 241 Å². The lowest BCUT2D eigenvalue weighted by molar-refractivity contribution is 0.134. The van der Waals surface area contributed by atoms with E-state index in [4.69, 9.17) is 24.7 Å². The average molecular weight is 555 g/mol. The maximum atomic E-state index is 5.86. The molecule has 0 amide bonds. The first-order valence-corrected chi connectivity index (χ1v) is 14.3. The number of hydrogen-bond donors (Lipinski definition) is 2. The van der Waals surface area contributed by atoms with E-state index in [0.29, 0.717) is 19.6 Å². The number of anilines is 2. The zero-order valence-electron chi connectivity index (χ0n) is 25.6. The molecule has 2 aromatic carbocycles. The van der Waals surface area contributed by atoms with Crippen molar-refractivity contribution in [2.75, 3.05) is 51.6 Å². The molecule has 0 saturated heterocycles. The van der Waals surface area contributed by atoms with Crippen LogP contribution in [0.2, 0.25) is 0 Å². The van der Waals surface area contributed by atoms with Crippen molar-refractivity contribution in [3.63, 3.8) is 0 Å². The normalized spacial score (nSPS) is 10.1. The Morgan fingerprint density at radius 3 is 2.33 bits per heavy atom. The van der Waals surface area contributed by atoms with Gasteiger partial charge in [0, 0.05) is 57.0 Å². The molecule has 0 aliphatic rings. The van der Waals surface area contributed by atoms with E-state index in [-0.39, 0.29) is 5.95 Å². The molecule has 0 saturated carbocycles. The molecule has 8 heteroatoms. The monoisotopic (exact) mass is 554 g/mol. The molecule has 3 N–H and O–H groups in total. The number of aromatic nitrogens is 2. The molecule has 0 unspecified atom stereocenters. The van der Waals surface area contributed by atoms with E-state index in [1.54, 1.807) is 14.2 Å². The van der Waals surface area contributed by atoms with Crippen LogP contribution in [0.25, 0.3) is 0 Å². The number of hydrogen-bond acceptors (Lipinski definition) is 8. The van der Waals surface area contributed by atoms with Crippen LogP contribution >= 0.6 is 0 Å². The summed E-state index contributed by atoms with van der Waals surface area (Å²) < 4.78 is 21.6. The lowest BCUT2D eigenvalue weighted by Crippen LogP contribution is -2.11. The second kappa shape index (κ2) is 21.5. The molecule has 0 radical (unpaired) electrons. The fourth-order valence-corrected chi connectivity index (χ4v) is 3.70. The number of nitrogens with one attached hydrogen (secondary N) is 1. The summed E-state index contributed by atoms with van der Waals surface area (Å²) in [7, 11) is 3.35. The van der Waals surface area contributed by atoms with Crippen LogP contribution in [0.1, 0.15) is 69.3 Å². The Balaban J connectivity index is 0.000000555. The SMILES string of the molecule is CC.CCCCNc1nc(N)nc(C)c1Cc1ccc(OCCCOC)cc1OC.CCOCc1ccccc1. The van der Waals surface area contributed by atoms with E-state index in [2.05, 4.69) is 34.3 Å². The number of ether oxygens (including phenoxy) is 4. The molecule has 3 aromatic rings. The lowest BCUT2D eigenvalue weighted by atomic mass is 10.0. The van der Waals surface area contributed by atoms with Gasteiger partial charge in [0.15, 0.2) is 0 Å². The van der Waals surface area contributed by atoms with Crippen LogP contribution < -0.4 is 20.5 Å². The van der Waals surface area contributed by atoms with Gasteiger partial charge in [-0.05, 0) is 37.5 Å². The zero-order valence-corrected chi connectivity index (χ0v) is 25.6. The number of nitrogens with two attached hydrogens (primary N) is 1. The van der Waals surface area contributed by atoms with E-state index in [0.717, 1.165) is 73.2 Å². The molecule has 3 rings (SSSR count). The van der Waals surface area contributed by atoms with Gasteiger partial charge in [-0.1, -0.05) is 63.6 Å². The third-order valence-corrected chi connectivity index (χ3v) is 5.76. The number of benzene rings is 2. The van der Waals surface area contributed by atoms with Gasteiger partial charge in [0.1, 0.15) is 17.3 Å². The van der Waals surface area contributed by atoms with Crippen LogP contribution in [0.5, 0.6) is 11.5 Å². The van der Waals surface area contributed by atoms with Crippen molar-refractivity contribution in [3.05, 3.63) is 70.9 Å². The number of aryl methyl sites for hydroxylation is 1. The number of nitrogen functional groups attached to an aromatic ring is 1. The predicted molar refractivity (Wildman–Crippen MR) is 165 cm³/mol. The zero-order chi connectivity index (χ0) is 29.6. The molecule has 0 bridgehead atoms. The highest BCUT2D eigenvalue weighted by atomic mass is 16.5. The summed E-state index contributed by atoms with van der Waals surface area (Å²) in [5, 5.41) is 3.40. The minimum atomic E-state index is 0.284. The number of rotatable bonds is 15. The number of nitrogens with zero attached hydrogens (tertiary/aromatic N) is 2. The van der Waals surface area contributed by atoms with Crippen LogP contribution in [-0.4, -0.2) is 50.6 Å². The summed E-state index contributed by atoms with van der Waals surface area (Å²) in [5.74, 6) is 2.63. The molecule has 222 valence electrons. The van der Waals surface area contributed by atoms with Gasteiger partial charge in [0.05, 0.1) is 20.3 Å². The van der Waals surface area contributed by atoms with Gasteiger partial charge < -0.3 is 30.0 Å². The molecule has 0 aliphatic heterocycles. The summed E-state index contributed by atoms with van der Waals surface area (Å²) in [6.45, 7) is 13.8. The predicted octanol–water partition coefficient (Wildman–Crippen LogP) is 6.84. The van der Waals surface area contributed by atoms with Gasteiger partial charge in [-0.25, -0.2) is 4.98 Å². The third kappa shape index (κ3) is 13.1. The molecule has 0 aliphatic carbocycles. The standard InChI is InChI=1S/C21H32N4O3.C9H12O.C2H6/c1-5-6-10-23-20-18(15(2)24-21(22)25-20)13-16-8-9-17(14-19(16)27-4)28-12-7-11-26-3;1-2-10-8-9-6-4-3-5-7-9;1-2/h8-9,14H,5-7,10-13H2,1-4H3,(H3,22,23,24,25);3-7H,2,8H2,1H3;1-2H3. The van der Waals surface area contributed by atoms with Crippen LogP contribution in [0, 0.1) is 6.92 Å². The van der Waals surface area contributed by atoms with Crippen molar-refractivity contribution in [1.29, 1.82) is 0 Å². The fraction of sp³-hybridized carbons (Fsp3) is 0.500. The summed E-state index contributed by atoms with van der Waals surface area (Å²) in [6.07, 6.45) is 3.67. The minimum absolute atomic E-state index is 0.284. The summed E-state index contributed by atoms with van der Waals surface area (Å²) in [5.41, 5.74) is 10.0. The van der Waals surface area contributed by atoms with Gasteiger partial charge in [0.25, 0.3) is 0 Å². The van der Waals surface area contributed by atoms with E-state index in [1.807, 2.05) is 64.1 Å². The quantitative estimate of drug-likeness (QED) is 0.197. The first kappa shape index (κ1) is 34.7. The van der Waals surface area contributed by atoms with Crippen LogP contribution in [-0.2, 0) is 22.5 Å². The molecule has 1 heterocycles. The number of methoxy groups -OCH3 is 2.